The van der Waals surface area contributed by atoms with Crippen LogP contribution in [0.5, 0.6) is 0 Å². The van der Waals surface area contributed by atoms with Crippen LogP contribution in [0.3, 0.4) is 0 Å². The van der Waals surface area contributed by atoms with Crippen LogP contribution in [-0.4, -0.2) is 4.98 Å². The highest BCUT2D eigenvalue weighted by Gasteiger charge is 2.20. The monoisotopic (exact) mass is 504 g/mol. The highest BCUT2D eigenvalue weighted by molar-refractivity contribution is 7.25. The summed E-state index contributed by atoms with van der Waals surface area (Å²) in [6.45, 7) is 0. The Morgan fingerprint density at radius 3 is 1.53 bits per heavy atom. The zero-order valence-electron chi connectivity index (χ0n) is 20.7. The van der Waals surface area contributed by atoms with Gasteiger partial charge in [0.25, 0.3) is 0 Å². The van der Waals surface area contributed by atoms with E-state index in [1.807, 2.05) is 17.5 Å². The minimum Gasteiger partial charge on any atom is -0.295 e. The number of anilines is 3. The van der Waals surface area contributed by atoms with E-state index < -0.39 is 0 Å². The highest BCUT2D eigenvalue weighted by atomic mass is 32.1. The zero-order valence-corrected chi connectivity index (χ0v) is 21.5. The summed E-state index contributed by atoms with van der Waals surface area (Å²) < 4.78 is 2.51. The first-order valence-corrected chi connectivity index (χ1v) is 13.5. The van der Waals surface area contributed by atoms with Gasteiger partial charge >= 0.3 is 0 Å². The van der Waals surface area contributed by atoms with Crippen molar-refractivity contribution >= 4 is 48.7 Å². The van der Waals surface area contributed by atoms with E-state index in [1.165, 1.54) is 42.4 Å². The molecule has 0 bridgehead atoms. The molecule has 2 heterocycles. The minimum atomic E-state index is 0.944. The summed E-state index contributed by atoms with van der Waals surface area (Å²) in [5.74, 6) is 0.944. The van der Waals surface area contributed by atoms with Gasteiger partial charge < -0.3 is 0 Å². The van der Waals surface area contributed by atoms with Crippen LogP contribution < -0.4 is 4.90 Å². The van der Waals surface area contributed by atoms with Gasteiger partial charge in [0.15, 0.2) is 0 Å². The van der Waals surface area contributed by atoms with Crippen molar-refractivity contribution in [2.24, 2.45) is 0 Å². The molecule has 0 fully saturated rings. The first-order valence-electron chi connectivity index (χ1n) is 12.7. The van der Waals surface area contributed by atoms with E-state index in [0.717, 1.165) is 17.2 Å². The number of benzene rings is 5. The second kappa shape index (κ2) is 9.62. The molecule has 0 aliphatic carbocycles. The summed E-state index contributed by atoms with van der Waals surface area (Å²) in [5, 5.41) is 2.43. The molecular weight excluding hydrogens is 480 g/mol. The lowest BCUT2D eigenvalue weighted by Crippen LogP contribution is -2.11. The van der Waals surface area contributed by atoms with Gasteiger partial charge in [0.05, 0.1) is 0 Å². The second-order valence-corrected chi connectivity index (χ2v) is 10.4. The lowest BCUT2D eigenvalue weighted by atomic mass is 10.0. The fraction of sp³-hybridized carbons (Fsp3) is 0. The summed E-state index contributed by atoms with van der Waals surface area (Å²) >= 11 is 1.82. The van der Waals surface area contributed by atoms with Crippen molar-refractivity contribution < 1.29 is 0 Å². The molecule has 0 atom stereocenters. The predicted octanol–water partition coefficient (Wildman–Crippen LogP) is 10.3. The predicted molar refractivity (Wildman–Crippen MR) is 163 cm³/mol. The number of nitrogens with zero attached hydrogens (tertiary/aromatic N) is 2. The van der Waals surface area contributed by atoms with Crippen LogP contribution in [0, 0.1) is 0 Å². The van der Waals surface area contributed by atoms with Crippen molar-refractivity contribution in [3.8, 4) is 22.3 Å². The smallest absolute Gasteiger partial charge is 0.146 e. The van der Waals surface area contributed by atoms with Crippen molar-refractivity contribution in [3.05, 3.63) is 146 Å². The minimum absolute atomic E-state index is 0.944. The largest absolute Gasteiger partial charge is 0.295 e. The summed E-state index contributed by atoms with van der Waals surface area (Å²) in [4.78, 5) is 7.26. The molecule has 38 heavy (non-hydrogen) atoms. The topological polar surface area (TPSA) is 16.1 Å². The summed E-state index contributed by atoms with van der Waals surface area (Å²) in [6, 6.07) is 49.3. The van der Waals surface area contributed by atoms with Gasteiger partial charge in [-0.1, -0.05) is 103 Å². The van der Waals surface area contributed by atoms with Gasteiger partial charge in [-0.3, -0.25) is 4.90 Å². The van der Waals surface area contributed by atoms with Crippen LogP contribution in [0.2, 0.25) is 0 Å². The zero-order chi connectivity index (χ0) is 25.3. The average molecular weight is 505 g/mol. The molecular formula is C35H24N2S. The van der Waals surface area contributed by atoms with Crippen LogP contribution in [-0.2, 0) is 0 Å². The average Bonchev–Trinajstić information content (AvgIpc) is 3.38. The Bertz CT molecular complexity index is 1760. The van der Waals surface area contributed by atoms with Gasteiger partial charge in [0.2, 0.25) is 0 Å². The second-order valence-electron chi connectivity index (χ2n) is 9.27. The number of hydrogen-bond donors (Lipinski definition) is 0. The summed E-state index contributed by atoms with van der Waals surface area (Å²) in [5.41, 5.74) is 6.96. The van der Waals surface area contributed by atoms with Crippen molar-refractivity contribution in [2.45, 2.75) is 0 Å². The Hall–Kier alpha value is -4.73. The molecule has 0 unspecified atom stereocenters. The molecule has 180 valence electrons. The van der Waals surface area contributed by atoms with Crippen LogP contribution >= 0.6 is 11.3 Å². The molecule has 7 aromatic rings. The van der Waals surface area contributed by atoms with Gasteiger partial charge in [-0.15, -0.1) is 11.3 Å². The maximum Gasteiger partial charge on any atom is 0.146 e. The van der Waals surface area contributed by atoms with Crippen LogP contribution in [0.15, 0.2) is 146 Å². The van der Waals surface area contributed by atoms with Crippen LogP contribution in [0.4, 0.5) is 17.2 Å². The Kier molecular flexibility index (Phi) is 5.69. The molecule has 5 aromatic carbocycles. The van der Waals surface area contributed by atoms with E-state index in [4.69, 9.17) is 4.98 Å². The quantitative estimate of drug-likeness (QED) is 0.232. The van der Waals surface area contributed by atoms with E-state index in [2.05, 4.69) is 144 Å². The van der Waals surface area contributed by atoms with Gasteiger partial charge in [-0.25, -0.2) is 4.98 Å². The third-order valence-electron chi connectivity index (χ3n) is 6.95. The lowest BCUT2D eigenvalue weighted by Gasteiger charge is -2.25. The molecule has 0 N–H and O–H groups in total. The third kappa shape index (κ3) is 4.03. The summed E-state index contributed by atoms with van der Waals surface area (Å²) in [6.07, 6.45) is 1.93. The Balaban J connectivity index is 1.40. The van der Waals surface area contributed by atoms with E-state index in [1.54, 1.807) is 0 Å². The van der Waals surface area contributed by atoms with Crippen molar-refractivity contribution in [1.82, 2.24) is 4.98 Å². The number of hydrogen-bond acceptors (Lipinski definition) is 3. The van der Waals surface area contributed by atoms with Gasteiger partial charge in [-0.2, -0.15) is 0 Å². The van der Waals surface area contributed by atoms with Crippen LogP contribution in [0.25, 0.3) is 42.4 Å². The molecule has 0 aliphatic heterocycles. The first-order chi connectivity index (χ1) is 18.8. The van der Waals surface area contributed by atoms with Crippen LogP contribution in [0.1, 0.15) is 0 Å². The number of thiophene rings is 1. The Morgan fingerprint density at radius 1 is 0.447 bits per heavy atom. The molecule has 0 aliphatic rings. The molecule has 0 saturated carbocycles. The normalized spacial score (nSPS) is 11.2. The van der Waals surface area contributed by atoms with Crippen molar-refractivity contribution in [3.63, 3.8) is 0 Å². The molecule has 7 rings (SSSR count). The van der Waals surface area contributed by atoms with E-state index in [-0.39, 0.29) is 0 Å². The SMILES string of the molecule is c1ccc(-c2ccc(N(c3ccc(-c4ccccc4)cc3)c3nccc4sc5ccccc5c34)cc2)cc1. The van der Waals surface area contributed by atoms with Gasteiger partial charge in [-0.05, 0) is 58.7 Å². The molecule has 0 saturated heterocycles. The van der Waals surface area contributed by atoms with Gasteiger partial charge in [0.1, 0.15) is 5.82 Å². The number of pyridine rings is 1. The Morgan fingerprint density at radius 2 is 0.947 bits per heavy atom. The van der Waals surface area contributed by atoms with Crippen molar-refractivity contribution in [1.29, 1.82) is 0 Å². The fourth-order valence-corrected chi connectivity index (χ4v) is 6.18. The maximum atomic E-state index is 4.98. The number of aromatic nitrogens is 1. The molecule has 2 nitrogen and oxygen atoms in total. The third-order valence-corrected chi connectivity index (χ3v) is 8.08. The highest BCUT2D eigenvalue weighted by Crippen LogP contribution is 2.43. The van der Waals surface area contributed by atoms with Gasteiger partial charge in [0, 0.05) is 37.7 Å². The molecule has 0 radical (unpaired) electrons. The van der Waals surface area contributed by atoms with E-state index in [0.29, 0.717) is 0 Å². The maximum absolute atomic E-state index is 4.98. The number of fused-ring (bicyclic) bond motifs is 3. The van der Waals surface area contributed by atoms with E-state index in [9.17, 15) is 0 Å². The number of rotatable bonds is 5. The molecule has 3 heteroatoms. The first kappa shape index (κ1) is 22.5. The fourth-order valence-electron chi connectivity index (χ4n) is 5.08. The Labute approximate surface area is 226 Å². The molecule has 0 amide bonds. The summed E-state index contributed by atoms with van der Waals surface area (Å²) in [7, 11) is 0. The molecule has 2 aromatic heterocycles. The molecule has 0 spiro atoms. The van der Waals surface area contributed by atoms with Crippen molar-refractivity contribution in [2.75, 3.05) is 4.90 Å². The standard InChI is InChI=1S/C35H24N2S/c1-3-9-25(10-4-1)27-15-19-29(20-16-27)37(30-21-17-28(18-22-30)26-11-5-2-6-12-26)35-34-31-13-7-8-14-32(31)38-33(34)23-24-36-35/h1-24H. The van der Waals surface area contributed by atoms with E-state index >= 15 is 0 Å². The lowest BCUT2D eigenvalue weighted by molar-refractivity contribution is 1.20.